The van der Waals surface area contributed by atoms with E-state index < -0.39 is 0 Å². The van der Waals surface area contributed by atoms with Crippen LogP contribution in [0, 0.1) is 11.5 Å². The number of nitrogens with one attached hydrogen (secondary N) is 1. The van der Waals surface area contributed by atoms with Crippen molar-refractivity contribution in [3.05, 3.63) is 42.5 Å². The van der Waals surface area contributed by atoms with Gasteiger partial charge in [-0.25, -0.2) is 0 Å². The van der Waals surface area contributed by atoms with Crippen molar-refractivity contribution in [2.45, 2.75) is 13.0 Å². The third-order valence-corrected chi connectivity index (χ3v) is 2.67. The van der Waals surface area contributed by atoms with E-state index in [0.717, 1.165) is 11.1 Å². The van der Waals surface area contributed by atoms with E-state index in [4.69, 9.17) is 10.00 Å². The van der Waals surface area contributed by atoms with Gasteiger partial charge in [-0.3, -0.25) is 10.3 Å². The van der Waals surface area contributed by atoms with Crippen LogP contribution in [0.3, 0.4) is 0 Å². The van der Waals surface area contributed by atoms with Gasteiger partial charge in [0.2, 0.25) is 0 Å². The van der Waals surface area contributed by atoms with Gasteiger partial charge in [0.15, 0.2) is 6.19 Å². The van der Waals surface area contributed by atoms with E-state index in [9.17, 15) is 0 Å². The van der Waals surface area contributed by atoms with Gasteiger partial charge in [-0.15, -0.1) is 0 Å². The smallest absolute Gasteiger partial charge is 0.182 e. The summed E-state index contributed by atoms with van der Waals surface area (Å²) in [6.07, 6.45) is 3.16. The van der Waals surface area contributed by atoms with Crippen LogP contribution >= 0.6 is 0 Å². The molecule has 0 bridgehead atoms. The zero-order valence-corrected chi connectivity index (χ0v) is 10.7. The predicted octanol–water partition coefficient (Wildman–Crippen LogP) is 2.71. The number of fused-ring (bicyclic) bond motifs is 1. The fraction of sp³-hybridized carbons (Fsp3) is 0.200. The summed E-state index contributed by atoms with van der Waals surface area (Å²) in [6, 6.07) is 14.1. The molecule has 0 fully saturated rings. The molecule has 0 aliphatic rings. The highest BCUT2D eigenvalue weighted by Gasteiger charge is 2.01. The van der Waals surface area contributed by atoms with Crippen LogP contribution in [-0.2, 0) is 0 Å². The number of hydrogen-bond donors (Lipinski definition) is 1. The SMILES string of the molecule is C[C@H](COc1ccc2ccccc2c1)N=CNC#N. The normalized spacial score (nSPS) is 12.2. The summed E-state index contributed by atoms with van der Waals surface area (Å²) in [7, 11) is 0. The number of ether oxygens (including phenoxy) is 1. The lowest BCUT2D eigenvalue weighted by Crippen LogP contribution is -2.14. The number of aliphatic imine (C=N–C) groups is 1. The van der Waals surface area contributed by atoms with Crippen molar-refractivity contribution in [2.24, 2.45) is 4.99 Å². The Bertz CT molecular complexity index is 616. The molecule has 0 aliphatic carbocycles. The minimum Gasteiger partial charge on any atom is -0.491 e. The van der Waals surface area contributed by atoms with Crippen LogP contribution in [0.2, 0.25) is 0 Å². The van der Waals surface area contributed by atoms with Gasteiger partial charge < -0.3 is 4.74 Å². The van der Waals surface area contributed by atoms with Gasteiger partial charge in [0.05, 0.1) is 12.4 Å². The van der Waals surface area contributed by atoms with Gasteiger partial charge in [0.25, 0.3) is 0 Å². The molecule has 0 spiro atoms. The Labute approximate surface area is 112 Å². The third kappa shape index (κ3) is 3.71. The molecular formula is C15H15N3O. The summed E-state index contributed by atoms with van der Waals surface area (Å²) >= 11 is 0. The summed E-state index contributed by atoms with van der Waals surface area (Å²) in [5.41, 5.74) is 0. The van der Waals surface area contributed by atoms with Gasteiger partial charge in [0.1, 0.15) is 12.4 Å². The molecule has 0 aromatic heterocycles. The van der Waals surface area contributed by atoms with E-state index in [1.54, 1.807) is 6.19 Å². The van der Waals surface area contributed by atoms with Gasteiger partial charge in [0, 0.05) is 0 Å². The van der Waals surface area contributed by atoms with Crippen molar-refractivity contribution in [1.82, 2.24) is 5.32 Å². The average Bonchev–Trinajstić information content (AvgIpc) is 2.45. The minimum absolute atomic E-state index is 0.00711. The zero-order valence-electron chi connectivity index (χ0n) is 10.7. The molecule has 2 aromatic carbocycles. The zero-order chi connectivity index (χ0) is 13.5. The second-order valence-corrected chi connectivity index (χ2v) is 4.20. The fourth-order valence-corrected chi connectivity index (χ4v) is 1.71. The van der Waals surface area contributed by atoms with Crippen molar-refractivity contribution < 1.29 is 4.74 Å². The molecule has 4 nitrogen and oxygen atoms in total. The van der Waals surface area contributed by atoms with Gasteiger partial charge >= 0.3 is 0 Å². The molecule has 2 aromatic rings. The van der Waals surface area contributed by atoms with Crippen LogP contribution in [-0.4, -0.2) is 19.0 Å². The fourth-order valence-electron chi connectivity index (χ4n) is 1.71. The Morgan fingerprint density at radius 2 is 2.11 bits per heavy atom. The monoisotopic (exact) mass is 253 g/mol. The first-order valence-electron chi connectivity index (χ1n) is 6.07. The minimum atomic E-state index is -0.00711. The highest BCUT2D eigenvalue weighted by atomic mass is 16.5. The van der Waals surface area contributed by atoms with Crippen molar-refractivity contribution >= 4 is 17.1 Å². The number of hydrogen-bond acceptors (Lipinski definition) is 3. The molecule has 1 N–H and O–H groups in total. The Hall–Kier alpha value is -2.54. The first-order valence-corrected chi connectivity index (χ1v) is 6.07. The van der Waals surface area contributed by atoms with Crippen LogP contribution < -0.4 is 10.1 Å². The van der Waals surface area contributed by atoms with E-state index in [0.29, 0.717) is 6.61 Å². The predicted molar refractivity (Wildman–Crippen MR) is 76.1 cm³/mol. The van der Waals surface area contributed by atoms with Gasteiger partial charge in [-0.05, 0) is 29.8 Å². The molecule has 96 valence electrons. The van der Waals surface area contributed by atoms with E-state index in [-0.39, 0.29) is 6.04 Å². The Morgan fingerprint density at radius 1 is 1.32 bits per heavy atom. The lowest BCUT2D eigenvalue weighted by atomic mass is 10.1. The van der Waals surface area contributed by atoms with Crippen LogP contribution in [0.25, 0.3) is 10.8 Å². The first-order chi connectivity index (χ1) is 9.29. The molecule has 0 radical (unpaired) electrons. The molecule has 19 heavy (non-hydrogen) atoms. The van der Waals surface area contributed by atoms with E-state index in [1.165, 1.54) is 11.7 Å². The summed E-state index contributed by atoms with van der Waals surface area (Å²) in [4.78, 5) is 4.11. The molecule has 0 unspecified atom stereocenters. The van der Waals surface area contributed by atoms with Crippen LogP contribution in [0.1, 0.15) is 6.92 Å². The molecular weight excluding hydrogens is 238 g/mol. The molecule has 1 atom stereocenters. The van der Waals surface area contributed by atoms with Crippen LogP contribution in [0.4, 0.5) is 0 Å². The maximum Gasteiger partial charge on any atom is 0.182 e. The third-order valence-electron chi connectivity index (χ3n) is 2.67. The van der Waals surface area contributed by atoms with Gasteiger partial charge in [-0.2, -0.15) is 5.26 Å². The Kier molecular flexibility index (Phi) is 4.35. The van der Waals surface area contributed by atoms with E-state index >= 15 is 0 Å². The summed E-state index contributed by atoms with van der Waals surface area (Å²) < 4.78 is 5.68. The molecule has 0 aliphatic heterocycles. The first kappa shape index (κ1) is 12.9. The summed E-state index contributed by atoms with van der Waals surface area (Å²) in [5.74, 6) is 0.828. The van der Waals surface area contributed by atoms with Gasteiger partial charge in [-0.1, -0.05) is 30.3 Å². The highest BCUT2D eigenvalue weighted by Crippen LogP contribution is 2.20. The maximum atomic E-state index is 8.30. The molecule has 4 heteroatoms. The molecule has 0 saturated heterocycles. The second-order valence-electron chi connectivity index (χ2n) is 4.20. The number of rotatable bonds is 5. The lowest BCUT2D eigenvalue weighted by molar-refractivity contribution is 0.297. The topological polar surface area (TPSA) is 57.4 Å². The molecule has 0 saturated carbocycles. The van der Waals surface area contributed by atoms with E-state index in [1.807, 2.05) is 37.3 Å². The maximum absolute atomic E-state index is 8.30. The molecule has 0 amide bonds. The number of nitrogens with zero attached hydrogens (tertiary/aromatic N) is 2. The standard InChI is InChI=1S/C15H15N3O/c1-12(18-11-17-10-16)9-19-15-7-6-13-4-2-3-5-14(13)8-15/h2-8,11-12H,9H2,1H3,(H,17,18)/t12-/m1/s1. The van der Waals surface area contributed by atoms with Crippen LogP contribution in [0.15, 0.2) is 47.5 Å². The quantitative estimate of drug-likeness (QED) is 0.386. The molecule has 2 rings (SSSR count). The largest absolute Gasteiger partial charge is 0.491 e. The van der Waals surface area contributed by atoms with E-state index in [2.05, 4.69) is 22.4 Å². The van der Waals surface area contributed by atoms with Crippen molar-refractivity contribution in [3.63, 3.8) is 0 Å². The number of benzene rings is 2. The Morgan fingerprint density at radius 3 is 2.89 bits per heavy atom. The Balaban J connectivity index is 1.96. The summed E-state index contributed by atoms with van der Waals surface area (Å²) in [6.45, 7) is 2.40. The summed E-state index contributed by atoms with van der Waals surface area (Å²) in [5, 5.41) is 13.0. The second kappa shape index (κ2) is 6.41. The van der Waals surface area contributed by atoms with Crippen molar-refractivity contribution in [3.8, 4) is 11.9 Å². The highest BCUT2D eigenvalue weighted by molar-refractivity contribution is 5.83. The van der Waals surface area contributed by atoms with Crippen LogP contribution in [0.5, 0.6) is 5.75 Å². The van der Waals surface area contributed by atoms with Crippen molar-refractivity contribution in [2.75, 3.05) is 6.61 Å². The number of nitriles is 1. The molecule has 0 heterocycles. The average molecular weight is 253 g/mol. The van der Waals surface area contributed by atoms with Crippen molar-refractivity contribution in [1.29, 1.82) is 5.26 Å². The lowest BCUT2D eigenvalue weighted by Gasteiger charge is -2.09.